The van der Waals surface area contributed by atoms with E-state index in [9.17, 15) is 0 Å². The summed E-state index contributed by atoms with van der Waals surface area (Å²) in [6.07, 6.45) is 3.85. The fraction of sp³-hybridized carbons (Fsp3) is 0.190. The molecule has 1 aromatic heterocycles. The molecule has 0 aliphatic carbocycles. The number of nitrogens with zero attached hydrogens (tertiary/aromatic N) is 1. The fourth-order valence-electron chi connectivity index (χ4n) is 2.55. The number of aromatic amines is 1. The minimum absolute atomic E-state index is 1.03. The van der Waals surface area contributed by atoms with Gasteiger partial charge in [0.2, 0.25) is 0 Å². The molecule has 0 aliphatic heterocycles. The molecule has 1 heterocycles. The van der Waals surface area contributed by atoms with Gasteiger partial charge in [0.1, 0.15) is 7.85 Å². The number of aromatic nitrogens is 2. The highest BCUT2D eigenvalue weighted by Gasteiger charge is 2.01. The number of imidazole rings is 1. The summed E-state index contributed by atoms with van der Waals surface area (Å²) >= 11 is 0. The molecule has 2 nitrogen and oxygen atoms in total. The van der Waals surface area contributed by atoms with Crippen LogP contribution in [0.25, 0.3) is 5.57 Å². The van der Waals surface area contributed by atoms with Crippen molar-refractivity contribution in [3.05, 3.63) is 95.5 Å². The summed E-state index contributed by atoms with van der Waals surface area (Å²) in [4.78, 5) is 7.25. The van der Waals surface area contributed by atoms with Crippen LogP contribution in [-0.2, 0) is 12.8 Å². The summed E-state index contributed by atoms with van der Waals surface area (Å²) in [6.45, 7) is 4.25. The predicted octanol–water partition coefficient (Wildman–Crippen LogP) is 4.78. The van der Waals surface area contributed by atoms with Crippen LogP contribution in [0, 0.1) is 0 Å². The standard InChI is InChI=1S/C14H11B.C7H12N2/c15-11-14(12-7-3-1-4-8-12)13-9-5-2-6-10-13;1-3-6-7(4-2)9-5-8-6/h1-11H;5H,3-4H2,1-2H3,(H,8,9). The van der Waals surface area contributed by atoms with Gasteiger partial charge in [-0.15, -0.1) is 5.98 Å². The summed E-state index contributed by atoms with van der Waals surface area (Å²) < 4.78 is 0. The lowest BCUT2D eigenvalue weighted by molar-refractivity contribution is 0.979. The van der Waals surface area contributed by atoms with Crippen LogP contribution < -0.4 is 0 Å². The second-order valence-corrected chi connectivity index (χ2v) is 5.35. The van der Waals surface area contributed by atoms with Gasteiger partial charge in [0, 0.05) is 5.69 Å². The van der Waals surface area contributed by atoms with E-state index >= 15 is 0 Å². The first kappa shape index (κ1) is 17.8. The molecule has 1 N–H and O–H groups in total. The highest BCUT2D eigenvalue weighted by Crippen LogP contribution is 2.21. The van der Waals surface area contributed by atoms with Crippen molar-refractivity contribution in [2.45, 2.75) is 26.7 Å². The van der Waals surface area contributed by atoms with Crippen LogP contribution in [0.2, 0.25) is 0 Å². The molecule has 2 radical (unpaired) electrons. The quantitative estimate of drug-likeness (QED) is 0.690. The third-order valence-electron chi connectivity index (χ3n) is 3.83. The van der Waals surface area contributed by atoms with Crippen molar-refractivity contribution < 1.29 is 0 Å². The van der Waals surface area contributed by atoms with Crippen molar-refractivity contribution in [1.82, 2.24) is 9.97 Å². The van der Waals surface area contributed by atoms with E-state index in [0.29, 0.717) is 0 Å². The lowest BCUT2D eigenvalue weighted by atomic mass is 9.92. The SMILES string of the molecule is CCc1nc[nH]c1CC.[B]C=C(c1ccccc1)c1ccccc1. The molecule has 0 spiro atoms. The molecule has 120 valence electrons. The molecule has 0 fully saturated rings. The molecule has 24 heavy (non-hydrogen) atoms. The average Bonchev–Trinajstić information content (AvgIpc) is 3.12. The van der Waals surface area contributed by atoms with Crippen LogP contribution in [-0.4, -0.2) is 17.8 Å². The first-order chi connectivity index (χ1) is 11.8. The Bertz CT molecular complexity index is 686. The Morgan fingerprint density at radius 2 is 1.46 bits per heavy atom. The third kappa shape index (κ3) is 4.72. The largest absolute Gasteiger partial charge is 0.348 e. The minimum atomic E-state index is 1.03. The maximum absolute atomic E-state index is 5.67. The number of hydrogen-bond donors (Lipinski definition) is 1. The maximum atomic E-state index is 5.67. The first-order valence-electron chi connectivity index (χ1n) is 8.34. The molecule has 0 atom stereocenters. The van der Waals surface area contributed by atoms with E-state index in [1.54, 1.807) is 12.3 Å². The number of benzene rings is 2. The molecule has 0 bridgehead atoms. The van der Waals surface area contributed by atoms with E-state index in [-0.39, 0.29) is 0 Å². The van der Waals surface area contributed by atoms with E-state index in [1.807, 2.05) is 36.4 Å². The average molecular weight is 314 g/mol. The molecular weight excluding hydrogens is 291 g/mol. The van der Waals surface area contributed by atoms with Gasteiger partial charge in [0.05, 0.1) is 12.0 Å². The Balaban J connectivity index is 0.000000198. The zero-order chi connectivity index (χ0) is 17.2. The molecule has 3 aromatic rings. The molecule has 0 unspecified atom stereocenters. The number of aryl methyl sites for hydroxylation is 2. The Morgan fingerprint density at radius 3 is 1.83 bits per heavy atom. The van der Waals surface area contributed by atoms with E-state index in [0.717, 1.165) is 29.5 Å². The van der Waals surface area contributed by atoms with E-state index in [2.05, 4.69) is 48.1 Å². The van der Waals surface area contributed by atoms with Crippen LogP contribution >= 0.6 is 0 Å². The number of hydrogen-bond acceptors (Lipinski definition) is 1. The smallest absolute Gasteiger partial charge is 0.103 e. The third-order valence-corrected chi connectivity index (χ3v) is 3.83. The highest BCUT2D eigenvalue weighted by atomic mass is 14.9. The van der Waals surface area contributed by atoms with Gasteiger partial charge in [-0.1, -0.05) is 74.5 Å². The summed E-state index contributed by atoms with van der Waals surface area (Å²) in [7, 11) is 5.67. The fourth-order valence-corrected chi connectivity index (χ4v) is 2.55. The lowest BCUT2D eigenvalue weighted by Crippen LogP contribution is -1.87. The molecular formula is C21H23BN2. The molecule has 0 amide bonds. The summed E-state index contributed by atoms with van der Waals surface area (Å²) in [6, 6.07) is 20.3. The topological polar surface area (TPSA) is 28.7 Å². The summed E-state index contributed by atoms with van der Waals surface area (Å²) in [5, 5.41) is 0. The van der Waals surface area contributed by atoms with Crippen molar-refractivity contribution in [3.63, 3.8) is 0 Å². The Labute approximate surface area is 146 Å². The lowest BCUT2D eigenvalue weighted by Gasteiger charge is -2.07. The van der Waals surface area contributed by atoms with Crippen LogP contribution in [0.4, 0.5) is 0 Å². The van der Waals surface area contributed by atoms with Crippen molar-refractivity contribution in [1.29, 1.82) is 0 Å². The molecule has 3 heteroatoms. The summed E-state index contributed by atoms with van der Waals surface area (Å²) in [5.41, 5.74) is 5.84. The molecule has 0 aliphatic rings. The molecule has 0 saturated carbocycles. The van der Waals surface area contributed by atoms with Crippen molar-refractivity contribution in [3.8, 4) is 0 Å². The maximum Gasteiger partial charge on any atom is 0.103 e. The zero-order valence-corrected chi connectivity index (χ0v) is 14.4. The molecule has 0 saturated heterocycles. The summed E-state index contributed by atoms with van der Waals surface area (Å²) in [5.74, 6) is 1.66. The van der Waals surface area contributed by atoms with Crippen LogP contribution in [0.5, 0.6) is 0 Å². The minimum Gasteiger partial charge on any atom is -0.348 e. The Morgan fingerprint density at radius 1 is 0.917 bits per heavy atom. The van der Waals surface area contributed by atoms with Gasteiger partial charge in [0.15, 0.2) is 0 Å². The highest BCUT2D eigenvalue weighted by molar-refractivity contribution is 6.21. The van der Waals surface area contributed by atoms with Crippen molar-refractivity contribution in [2.24, 2.45) is 0 Å². The van der Waals surface area contributed by atoms with E-state index < -0.39 is 0 Å². The van der Waals surface area contributed by atoms with Gasteiger partial charge in [-0.05, 0) is 29.5 Å². The van der Waals surface area contributed by atoms with Crippen molar-refractivity contribution >= 4 is 13.4 Å². The van der Waals surface area contributed by atoms with Crippen LogP contribution in [0.15, 0.2) is 73.0 Å². The van der Waals surface area contributed by atoms with Crippen LogP contribution in [0.1, 0.15) is 36.4 Å². The molecule has 3 rings (SSSR count). The number of rotatable bonds is 4. The zero-order valence-electron chi connectivity index (χ0n) is 14.4. The van der Waals surface area contributed by atoms with E-state index in [1.165, 1.54) is 11.4 Å². The normalized spacial score (nSPS) is 9.75. The molecule has 2 aromatic carbocycles. The van der Waals surface area contributed by atoms with Gasteiger partial charge < -0.3 is 4.98 Å². The van der Waals surface area contributed by atoms with Gasteiger partial charge in [0.25, 0.3) is 0 Å². The number of nitrogens with one attached hydrogen (secondary N) is 1. The van der Waals surface area contributed by atoms with Crippen molar-refractivity contribution in [2.75, 3.05) is 0 Å². The second kappa shape index (κ2) is 9.56. The monoisotopic (exact) mass is 314 g/mol. The van der Waals surface area contributed by atoms with E-state index in [4.69, 9.17) is 7.85 Å². The first-order valence-corrected chi connectivity index (χ1v) is 8.34. The van der Waals surface area contributed by atoms with Gasteiger partial charge >= 0.3 is 0 Å². The van der Waals surface area contributed by atoms with Crippen LogP contribution in [0.3, 0.4) is 0 Å². The van der Waals surface area contributed by atoms with Gasteiger partial charge in [-0.25, -0.2) is 4.98 Å². The van der Waals surface area contributed by atoms with Gasteiger partial charge in [-0.3, -0.25) is 0 Å². The van der Waals surface area contributed by atoms with Gasteiger partial charge in [-0.2, -0.15) is 0 Å². The predicted molar refractivity (Wildman–Crippen MR) is 103 cm³/mol. The Kier molecular flexibility index (Phi) is 7.09. The Hall–Kier alpha value is -2.55. The number of H-pyrrole nitrogens is 1. The second-order valence-electron chi connectivity index (χ2n) is 5.35.